The Morgan fingerprint density at radius 1 is 1.28 bits per heavy atom. The van der Waals surface area contributed by atoms with Crippen molar-refractivity contribution in [2.45, 2.75) is 18.7 Å². The molecule has 172 valence electrons. The number of aliphatic hydroxyl groups excluding tert-OH is 1. The van der Waals surface area contributed by atoms with Crippen LogP contribution in [0.25, 0.3) is 11.4 Å². The number of hydrogen-bond donors (Lipinski definition) is 5. The number of nitrogens with one attached hydrogen (secondary N) is 4. The highest BCUT2D eigenvalue weighted by Crippen LogP contribution is 2.22. The first-order valence-electron chi connectivity index (χ1n) is 9.85. The molecule has 0 fully saturated rings. The van der Waals surface area contributed by atoms with Gasteiger partial charge in [0.15, 0.2) is 15.7 Å². The number of carbonyl (C=O) groups excluding carboxylic acids is 1. The van der Waals surface area contributed by atoms with Crippen molar-refractivity contribution in [1.82, 2.24) is 20.6 Å². The van der Waals surface area contributed by atoms with Gasteiger partial charge < -0.3 is 26.4 Å². The lowest BCUT2D eigenvalue weighted by Gasteiger charge is -2.14. The Balaban J connectivity index is 1.73. The summed E-state index contributed by atoms with van der Waals surface area (Å²) in [7, 11) is -3.29. The predicted molar refractivity (Wildman–Crippen MR) is 127 cm³/mol. The first-order valence-corrected chi connectivity index (χ1v) is 12.9. The summed E-state index contributed by atoms with van der Waals surface area (Å²) in [4.78, 5) is 22.0. The molecule has 1 aliphatic rings. The molecule has 0 aliphatic carbocycles. The first kappa shape index (κ1) is 23.8. The zero-order chi connectivity index (χ0) is 23.1. The number of aromatic nitrogens is 2. The van der Waals surface area contributed by atoms with Gasteiger partial charge in [-0.25, -0.2) is 23.2 Å². The Morgan fingerprint density at radius 2 is 2.03 bits per heavy atom. The van der Waals surface area contributed by atoms with Crippen molar-refractivity contribution >= 4 is 39.1 Å². The minimum Gasteiger partial charge on any atom is -0.394 e. The lowest BCUT2D eigenvalue weighted by Crippen LogP contribution is -2.29. The highest BCUT2D eigenvalue weighted by molar-refractivity contribution is 8.03. The van der Waals surface area contributed by atoms with Gasteiger partial charge in [-0.05, 0) is 31.2 Å². The summed E-state index contributed by atoms with van der Waals surface area (Å²) in [6, 6.07) is 7.91. The summed E-state index contributed by atoms with van der Waals surface area (Å²) in [6.45, 7) is 2.13. The van der Waals surface area contributed by atoms with Crippen LogP contribution < -0.4 is 21.3 Å². The fourth-order valence-corrected chi connectivity index (χ4v) is 4.20. The van der Waals surface area contributed by atoms with Crippen molar-refractivity contribution in [1.29, 1.82) is 0 Å². The summed E-state index contributed by atoms with van der Waals surface area (Å²) in [5.41, 5.74) is 1.60. The third kappa shape index (κ3) is 7.39. The third-order valence-electron chi connectivity index (χ3n) is 4.29. The lowest BCUT2D eigenvalue weighted by molar-refractivity contribution is 0.253. The van der Waals surface area contributed by atoms with Gasteiger partial charge in [-0.3, -0.25) is 0 Å². The normalized spacial score (nSPS) is 14.3. The van der Waals surface area contributed by atoms with Crippen LogP contribution >= 0.6 is 11.8 Å². The summed E-state index contributed by atoms with van der Waals surface area (Å²) >= 11 is 1.64. The van der Waals surface area contributed by atoms with Gasteiger partial charge in [0.05, 0.1) is 30.5 Å². The van der Waals surface area contributed by atoms with Crippen molar-refractivity contribution < 1.29 is 18.3 Å². The van der Waals surface area contributed by atoms with E-state index in [1.807, 2.05) is 6.20 Å². The van der Waals surface area contributed by atoms with Crippen LogP contribution in [-0.4, -0.2) is 60.8 Å². The number of urea groups is 1. The molecule has 1 aliphatic heterocycles. The Bertz CT molecular complexity index is 1090. The molecule has 2 amide bonds. The number of nitrogens with zero attached hydrogens (tertiary/aromatic N) is 2. The SMILES string of the molecule is C[C@@H](CO)Nc1cc(CS(C)(=O)=O)nc(-c2ccc(NC(=O)NCC3=CNCS3)cc2)n1. The van der Waals surface area contributed by atoms with E-state index in [2.05, 4.69) is 31.2 Å². The van der Waals surface area contributed by atoms with Gasteiger partial charge in [0, 0.05) is 40.7 Å². The third-order valence-corrected chi connectivity index (χ3v) is 6.05. The van der Waals surface area contributed by atoms with E-state index < -0.39 is 9.84 Å². The Morgan fingerprint density at radius 3 is 2.66 bits per heavy atom. The zero-order valence-electron chi connectivity index (χ0n) is 17.8. The molecule has 0 spiro atoms. The molecule has 0 saturated heterocycles. The molecule has 0 radical (unpaired) electrons. The molecule has 1 aromatic heterocycles. The molecule has 2 heterocycles. The van der Waals surface area contributed by atoms with Crippen LogP contribution in [0.4, 0.5) is 16.3 Å². The van der Waals surface area contributed by atoms with Crippen molar-refractivity contribution in [2.75, 3.05) is 35.9 Å². The van der Waals surface area contributed by atoms with Gasteiger partial charge in [0.25, 0.3) is 0 Å². The molecule has 0 saturated carbocycles. The van der Waals surface area contributed by atoms with Crippen molar-refractivity contribution in [3.8, 4) is 11.4 Å². The Labute approximate surface area is 191 Å². The largest absolute Gasteiger partial charge is 0.394 e. The van der Waals surface area contributed by atoms with Gasteiger partial charge in [0.2, 0.25) is 0 Å². The molecular formula is C20H26N6O4S2. The molecule has 0 unspecified atom stereocenters. The number of sulfone groups is 1. The number of anilines is 2. The van der Waals surface area contributed by atoms with E-state index >= 15 is 0 Å². The van der Waals surface area contributed by atoms with E-state index in [-0.39, 0.29) is 24.4 Å². The smallest absolute Gasteiger partial charge is 0.319 e. The topological polar surface area (TPSA) is 145 Å². The molecule has 12 heteroatoms. The van der Waals surface area contributed by atoms with Crippen molar-refractivity contribution in [2.24, 2.45) is 0 Å². The first-order chi connectivity index (χ1) is 15.2. The summed E-state index contributed by atoms with van der Waals surface area (Å²) in [5, 5.41) is 20.9. The monoisotopic (exact) mass is 478 g/mol. The number of carbonyl (C=O) groups is 1. The second kappa shape index (κ2) is 10.7. The summed E-state index contributed by atoms with van der Waals surface area (Å²) in [6.07, 6.45) is 3.02. The van der Waals surface area contributed by atoms with Crippen LogP contribution in [-0.2, 0) is 15.6 Å². The van der Waals surface area contributed by atoms with E-state index in [0.29, 0.717) is 35.1 Å². The average molecular weight is 479 g/mol. The maximum absolute atomic E-state index is 12.1. The van der Waals surface area contributed by atoms with Crippen molar-refractivity contribution in [3.05, 3.63) is 47.1 Å². The van der Waals surface area contributed by atoms with E-state index in [9.17, 15) is 18.3 Å². The van der Waals surface area contributed by atoms with Gasteiger partial charge in [-0.15, -0.1) is 11.8 Å². The summed E-state index contributed by atoms with van der Waals surface area (Å²) in [5.74, 6) is 1.34. The van der Waals surface area contributed by atoms with Gasteiger partial charge in [0.1, 0.15) is 5.82 Å². The molecule has 1 aromatic carbocycles. The lowest BCUT2D eigenvalue weighted by atomic mass is 10.2. The second-order valence-corrected chi connectivity index (χ2v) is 10.6. The van der Waals surface area contributed by atoms with E-state index in [1.54, 1.807) is 49.0 Å². The van der Waals surface area contributed by atoms with Crippen LogP contribution in [0, 0.1) is 0 Å². The zero-order valence-corrected chi connectivity index (χ0v) is 19.4. The highest BCUT2D eigenvalue weighted by atomic mass is 32.2. The number of amides is 2. The molecule has 5 N–H and O–H groups in total. The second-order valence-electron chi connectivity index (χ2n) is 7.35. The van der Waals surface area contributed by atoms with Crippen LogP contribution in [0.2, 0.25) is 0 Å². The minimum atomic E-state index is -3.29. The Kier molecular flexibility index (Phi) is 7.94. The molecule has 2 aromatic rings. The molecule has 1 atom stereocenters. The molecule has 3 rings (SSSR count). The number of rotatable bonds is 9. The van der Waals surface area contributed by atoms with E-state index in [1.165, 1.54) is 0 Å². The fraction of sp³-hybridized carbons (Fsp3) is 0.350. The van der Waals surface area contributed by atoms with Gasteiger partial charge in [-0.1, -0.05) is 0 Å². The van der Waals surface area contributed by atoms with Crippen LogP contribution in [0.5, 0.6) is 0 Å². The number of thioether (sulfide) groups is 1. The highest BCUT2D eigenvalue weighted by Gasteiger charge is 2.13. The maximum atomic E-state index is 12.1. The Hall–Kier alpha value is -2.83. The number of benzene rings is 1. The summed E-state index contributed by atoms with van der Waals surface area (Å²) < 4.78 is 23.5. The van der Waals surface area contributed by atoms with Gasteiger partial charge >= 0.3 is 6.03 Å². The van der Waals surface area contributed by atoms with E-state index in [4.69, 9.17) is 0 Å². The molecule has 0 bridgehead atoms. The van der Waals surface area contributed by atoms with E-state index in [0.717, 1.165) is 17.0 Å². The molecule has 10 nitrogen and oxygen atoms in total. The van der Waals surface area contributed by atoms with Crippen LogP contribution in [0.1, 0.15) is 12.6 Å². The van der Waals surface area contributed by atoms with Crippen LogP contribution in [0.3, 0.4) is 0 Å². The molecule has 32 heavy (non-hydrogen) atoms. The number of aliphatic hydroxyl groups is 1. The predicted octanol–water partition coefficient (Wildman–Crippen LogP) is 1.74. The van der Waals surface area contributed by atoms with Gasteiger partial charge in [-0.2, -0.15) is 0 Å². The standard InChI is InChI=1S/C20H26N6O4S2/c1-13(10-27)23-18-7-16(11-32(2,29)30)24-19(26-18)14-3-5-15(6-4-14)25-20(28)22-9-17-8-21-12-31-17/h3-8,13,21,27H,9-12H2,1-2H3,(H2,22,25,28)(H,23,24,26)/t13-/m0/s1. The number of hydrogen-bond acceptors (Lipinski definition) is 9. The fourth-order valence-electron chi connectivity index (χ4n) is 2.82. The van der Waals surface area contributed by atoms with Crippen LogP contribution in [0.15, 0.2) is 41.4 Å². The average Bonchev–Trinajstić information content (AvgIpc) is 3.25. The minimum absolute atomic E-state index is 0.102. The molecular weight excluding hydrogens is 452 g/mol. The maximum Gasteiger partial charge on any atom is 0.319 e. The van der Waals surface area contributed by atoms with Crippen molar-refractivity contribution in [3.63, 3.8) is 0 Å². The quantitative estimate of drug-likeness (QED) is 0.364.